The number of benzene rings is 3. The van der Waals surface area contributed by atoms with Crippen LogP contribution in [0.3, 0.4) is 0 Å². The maximum atomic E-state index is 9.36. The van der Waals surface area contributed by atoms with E-state index in [9.17, 15) is 5.26 Å². The van der Waals surface area contributed by atoms with Crippen molar-refractivity contribution in [3.8, 4) is 6.07 Å². The van der Waals surface area contributed by atoms with Gasteiger partial charge < -0.3 is 11.1 Å². The van der Waals surface area contributed by atoms with Crippen LogP contribution in [0.15, 0.2) is 84.9 Å². The van der Waals surface area contributed by atoms with Gasteiger partial charge in [-0.25, -0.2) is 4.68 Å². The smallest absolute Gasteiger partial charge is 0.172 e. The molecule has 0 bridgehead atoms. The van der Waals surface area contributed by atoms with Crippen LogP contribution in [-0.4, -0.2) is 9.78 Å². The van der Waals surface area contributed by atoms with Gasteiger partial charge in [-0.05, 0) is 29.3 Å². The number of nitrogen functional groups attached to an aromatic ring is 1. The SMILES string of the molecule is Cl.Cl.N#Cc1c(Nc2cccc(Cl)c2)nn(Cc2ccccc2)c1N.NNCc1ccccc1. The lowest BCUT2D eigenvalue weighted by Gasteiger charge is -2.04. The Labute approximate surface area is 216 Å². The zero-order valence-electron chi connectivity index (χ0n) is 18.2. The van der Waals surface area contributed by atoms with Gasteiger partial charge in [0.25, 0.3) is 0 Å². The number of aromatic nitrogens is 2. The number of hydrogen-bond acceptors (Lipinski definition) is 6. The molecular weight excluding hydrogens is 493 g/mol. The van der Waals surface area contributed by atoms with Gasteiger partial charge in [-0.3, -0.25) is 11.3 Å². The van der Waals surface area contributed by atoms with Crippen molar-refractivity contribution in [1.29, 1.82) is 5.26 Å². The predicted octanol–water partition coefficient (Wildman–Crippen LogP) is 5.28. The number of halogens is 3. The molecule has 0 saturated heterocycles. The highest BCUT2D eigenvalue weighted by Gasteiger charge is 2.16. The summed E-state index contributed by atoms with van der Waals surface area (Å²) in [5.41, 5.74) is 12.0. The van der Waals surface area contributed by atoms with E-state index in [1.807, 2.05) is 72.8 Å². The predicted molar refractivity (Wildman–Crippen MR) is 144 cm³/mol. The largest absolute Gasteiger partial charge is 0.383 e. The highest BCUT2D eigenvalue weighted by Crippen LogP contribution is 2.26. The van der Waals surface area contributed by atoms with Gasteiger partial charge >= 0.3 is 0 Å². The molecule has 10 heteroatoms. The molecule has 0 spiro atoms. The molecular formula is C24H26Cl3N7. The number of nitrogens with one attached hydrogen (secondary N) is 2. The van der Waals surface area contributed by atoms with Gasteiger partial charge in [-0.1, -0.05) is 78.3 Å². The Balaban J connectivity index is 0.000000448. The normalized spacial score (nSPS) is 9.44. The molecule has 4 aromatic rings. The van der Waals surface area contributed by atoms with E-state index in [1.54, 1.807) is 16.8 Å². The van der Waals surface area contributed by atoms with Crippen LogP contribution in [0.2, 0.25) is 5.02 Å². The summed E-state index contributed by atoms with van der Waals surface area (Å²) in [6.45, 7) is 1.24. The third kappa shape index (κ3) is 8.27. The van der Waals surface area contributed by atoms with Crippen LogP contribution in [0.25, 0.3) is 0 Å². The summed E-state index contributed by atoms with van der Waals surface area (Å²) < 4.78 is 1.61. The lowest BCUT2D eigenvalue weighted by Crippen LogP contribution is -2.20. The van der Waals surface area contributed by atoms with Crippen LogP contribution in [0.4, 0.5) is 17.3 Å². The summed E-state index contributed by atoms with van der Waals surface area (Å²) in [6.07, 6.45) is 0. The molecule has 0 fully saturated rings. The number of nitrogens with two attached hydrogens (primary N) is 2. The standard InChI is InChI=1S/C17H14ClN5.C7H10N2.2ClH/c18-13-7-4-8-14(9-13)21-17-15(10-19)16(20)23(22-17)11-12-5-2-1-3-6-12;8-9-6-7-4-2-1-3-5-7;;/h1-9H,11,20H2,(H,21,22);1-5,9H,6,8H2;2*1H. The summed E-state index contributed by atoms with van der Waals surface area (Å²) in [5, 5.41) is 17.5. The summed E-state index contributed by atoms with van der Waals surface area (Å²) in [7, 11) is 0. The Morgan fingerprint density at radius 3 is 2.09 bits per heavy atom. The molecule has 178 valence electrons. The lowest BCUT2D eigenvalue weighted by atomic mass is 10.2. The summed E-state index contributed by atoms with van der Waals surface area (Å²) in [5.74, 6) is 5.86. The lowest BCUT2D eigenvalue weighted by molar-refractivity contribution is 0.700. The van der Waals surface area contributed by atoms with Crippen molar-refractivity contribution in [2.45, 2.75) is 13.1 Å². The average molecular weight is 519 g/mol. The van der Waals surface area contributed by atoms with Crippen LogP contribution in [0, 0.1) is 11.3 Å². The summed E-state index contributed by atoms with van der Waals surface area (Å²) in [6, 6.07) is 29.1. The van der Waals surface area contributed by atoms with Crippen molar-refractivity contribution in [1.82, 2.24) is 15.2 Å². The van der Waals surface area contributed by atoms with Crippen LogP contribution in [0.1, 0.15) is 16.7 Å². The third-order valence-electron chi connectivity index (χ3n) is 4.52. The van der Waals surface area contributed by atoms with Crippen molar-refractivity contribution in [3.63, 3.8) is 0 Å². The molecule has 0 amide bonds. The monoisotopic (exact) mass is 517 g/mol. The van der Waals surface area contributed by atoms with E-state index >= 15 is 0 Å². The van der Waals surface area contributed by atoms with E-state index in [0.717, 1.165) is 17.8 Å². The van der Waals surface area contributed by atoms with Gasteiger partial charge in [0.15, 0.2) is 5.82 Å². The first kappa shape index (κ1) is 28.8. The van der Waals surface area contributed by atoms with E-state index < -0.39 is 0 Å². The van der Waals surface area contributed by atoms with Gasteiger partial charge in [-0.15, -0.1) is 24.8 Å². The van der Waals surface area contributed by atoms with Crippen LogP contribution >= 0.6 is 36.4 Å². The van der Waals surface area contributed by atoms with E-state index in [1.165, 1.54) is 5.56 Å². The molecule has 0 saturated carbocycles. The quantitative estimate of drug-likeness (QED) is 0.204. The summed E-state index contributed by atoms with van der Waals surface area (Å²) >= 11 is 5.97. The second-order valence-corrected chi connectivity index (χ2v) is 7.30. The Bertz CT molecular complexity index is 1180. The van der Waals surface area contributed by atoms with Gasteiger partial charge in [0, 0.05) is 17.3 Å². The molecule has 1 aromatic heterocycles. The maximum Gasteiger partial charge on any atom is 0.172 e. The molecule has 1 heterocycles. The van der Waals surface area contributed by atoms with Crippen LogP contribution < -0.4 is 22.3 Å². The van der Waals surface area contributed by atoms with Crippen LogP contribution in [0.5, 0.6) is 0 Å². The van der Waals surface area contributed by atoms with Gasteiger partial charge in [-0.2, -0.15) is 10.4 Å². The fourth-order valence-corrected chi connectivity index (χ4v) is 3.16. The molecule has 6 N–H and O–H groups in total. The fraction of sp³-hybridized carbons (Fsp3) is 0.0833. The molecule has 0 aliphatic rings. The number of rotatable bonds is 6. The fourth-order valence-electron chi connectivity index (χ4n) is 2.97. The first-order valence-electron chi connectivity index (χ1n) is 9.91. The second-order valence-electron chi connectivity index (χ2n) is 6.87. The highest BCUT2D eigenvalue weighted by atomic mass is 35.5. The molecule has 7 nitrogen and oxygen atoms in total. The van der Waals surface area contributed by atoms with Gasteiger partial charge in [0.2, 0.25) is 0 Å². The van der Waals surface area contributed by atoms with Gasteiger partial charge in [0.1, 0.15) is 17.5 Å². The Hall–Kier alpha value is -3.25. The van der Waals surface area contributed by atoms with Crippen molar-refractivity contribution in [3.05, 3.63) is 107 Å². The highest BCUT2D eigenvalue weighted by molar-refractivity contribution is 6.30. The topological polar surface area (TPSA) is 118 Å². The minimum atomic E-state index is 0. The first-order chi connectivity index (χ1) is 15.6. The Morgan fingerprint density at radius 2 is 1.53 bits per heavy atom. The zero-order valence-corrected chi connectivity index (χ0v) is 20.6. The van der Waals surface area contributed by atoms with E-state index in [-0.39, 0.29) is 24.8 Å². The minimum absolute atomic E-state index is 0. The molecule has 0 aliphatic heterocycles. The second kappa shape index (κ2) is 14.8. The Morgan fingerprint density at radius 1 is 0.912 bits per heavy atom. The number of hydrogen-bond donors (Lipinski definition) is 4. The average Bonchev–Trinajstić information content (AvgIpc) is 3.09. The first-order valence-corrected chi connectivity index (χ1v) is 10.3. The molecule has 34 heavy (non-hydrogen) atoms. The number of nitrogens with zero attached hydrogens (tertiary/aromatic N) is 3. The van der Waals surface area contributed by atoms with E-state index in [2.05, 4.69) is 21.9 Å². The number of nitriles is 1. The molecule has 4 rings (SSSR count). The van der Waals surface area contributed by atoms with Crippen molar-refractivity contribution in [2.75, 3.05) is 11.1 Å². The van der Waals surface area contributed by atoms with Gasteiger partial charge in [0.05, 0.1) is 6.54 Å². The Kier molecular flexibility index (Phi) is 12.5. The molecule has 3 aromatic carbocycles. The molecule has 0 atom stereocenters. The molecule has 0 radical (unpaired) electrons. The number of anilines is 3. The van der Waals surface area contributed by atoms with E-state index in [0.29, 0.717) is 28.8 Å². The third-order valence-corrected chi connectivity index (χ3v) is 4.75. The summed E-state index contributed by atoms with van der Waals surface area (Å²) in [4.78, 5) is 0. The molecule has 0 unspecified atom stereocenters. The zero-order chi connectivity index (χ0) is 22.8. The van der Waals surface area contributed by atoms with Crippen LogP contribution in [-0.2, 0) is 13.1 Å². The van der Waals surface area contributed by atoms with Crippen molar-refractivity contribution < 1.29 is 0 Å². The minimum Gasteiger partial charge on any atom is -0.383 e. The molecule has 0 aliphatic carbocycles. The van der Waals surface area contributed by atoms with Crippen molar-refractivity contribution in [2.24, 2.45) is 5.84 Å². The van der Waals surface area contributed by atoms with Crippen molar-refractivity contribution >= 4 is 53.7 Å². The maximum absolute atomic E-state index is 9.36. The number of hydrazine groups is 1. The van der Waals surface area contributed by atoms with E-state index in [4.69, 9.17) is 23.2 Å².